The lowest BCUT2D eigenvalue weighted by Crippen LogP contribution is -2.21. The van der Waals surface area contributed by atoms with Crippen LogP contribution in [0.25, 0.3) is 51.6 Å². The number of fused-ring (bicyclic) bond motifs is 1. The van der Waals surface area contributed by atoms with E-state index >= 15 is 0 Å². The van der Waals surface area contributed by atoms with E-state index in [2.05, 4.69) is 52.0 Å². The van der Waals surface area contributed by atoms with Crippen LogP contribution in [0, 0.1) is 5.82 Å². The Bertz CT molecular complexity index is 1680. The highest BCUT2D eigenvalue weighted by atomic mass is 19.1. The number of halogens is 1. The van der Waals surface area contributed by atoms with Gasteiger partial charge in [0.1, 0.15) is 11.5 Å². The average molecular weight is 478 g/mol. The molecule has 6 heteroatoms. The summed E-state index contributed by atoms with van der Waals surface area (Å²) >= 11 is 0. The lowest BCUT2D eigenvalue weighted by Gasteiger charge is -2.05. The molecular formula is C30H28FN5. The zero-order chi connectivity index (χ0) is 25.1. The Balaban J connectivity index is 1.47. The standard InChI is InChI=1S/C30H28FN5/c1-4-32-16-21-13-23(18-33-17-21)19(2)11-12-27-20(3)30(36-35-27)29-15-26-25(9-6-10-28(26)34-29)22-7-5-8-24(31)14-22/h5-15,17-18,32,34-35H,3-4,16H2,1-2H3/b19-11+,27-12+. The van der Waals surface area contributed by atoms with Crippen LogP contribution < -0.4 is 15.9 Å². The summed E-state index contributed by atoms with van der Waals surface area (Å²) in [5, 5.41) is 13.6. The molecular weight excluding hydrogens is 449 g/mol. The molecule has 36 heavy (non-hydrogen) atoms. The summed E-state index contributed by atoms with van der Waals surface area (Å²) in [6.45, 7) is 10.1. The van der Waals surface area contributed by atoms with Crippen LogP contribution in [0.3, 0.4) is 0 Å². The van der Waals surface area contributed by atoms with E-state index in [4.69, 9.17) is 0 Å². The van der Waals surface area contributed by atoms with Gasteiger partial charge >= 0.3 is 0 Å². The highest BCUT2D eigenvalue weighted by molar-refractivity contribution is 5.98. The molecule has 3 aromatic heterocycles. The van der Waals surface area contributed by atoms with E-state index in [1.807, 2.05) is 54.9 Å². The Morgan fingerprint density at radius 3 is 2.81 bits per heavy atom. The van der Waals surface area contributed by atoms with Crippen molar-refractivity contribution in [2.24, 2.45) is 0 Å². The molecule has 5 rings (SSSR count). The maximum atomic E-state index is 13.8. The number of rotatable bonds is 7. The minimum atomic E-state index is -0.253. The van der Waals surface area contributed by atoms with Gasteiger partial charge in [0.25, 0.3) is 0 Å². The van der Waals surface area contributed by atoms with Gasteiger partial charge in [-0.25, -0.2) is 4.39 Å². The Kier molecular flexibility index (Phi) is 6.60. The van der Waals surface area contributed by atoms with Gasteiger partial charge in [-0.3, -0.25) is 10.1 Å². The van der Waals surface area contributed by atoms with E-state index in [-0.39, 0.29) is 5.82 Å². The predicted octanol–water partition coefficient (Wildman–Crippen LogP) is 5.16. The molecule has 0 amide bonds. The number of nitrogens with one attached hydrogen (secondary N) is 3. The molecule has 3 N–H and O–H groups in total. The topological polar surface area (TPSA) is 69.4 Å². The molecule has 0 saturated heterocycles. The number of nitrogens with zero attached hydrogens (tertiary/aromatic N) is 2. The van der Waals surface area contributed by atoms with Gasteiger partial charge in [-0.15, -0.1) is 0 Å². The van der Waals surface area contributed by atoms with Crippen molar-refractivity contribution in [2.45, 2.75) is 20.4 Å². The molecule has 2 aromatic carbocycles. The highest BCUT2D eigenvalue weighted by Gasteiger charge is 2.12. The monoisotopic (exact) mass is 477 g/mol. The van der Waals surface area contributed by atoms with Crippen molar-refractivity contribution in [1.82, 2.24) is 25.5 Å². The molecule has 0 aliphatic heterocycles. The summed E-state index contributed by atoms with van der Waals surface area (Å²) in [5.41, 5.74) is 7.70. The summed E-state index contributed by atoms with van der Waals surface area (Å²) in [6.07, 6.45) is 7.80. The van der Waals surface area contributed by atoms with E-state index in [0.717, 1.165) is 73.8 Å². The minimum Gasteiger partial charge on any atom is -0.353 e. The SMILES string of the molecule is C=c1c(-c2cc3c(-c4cccc(F)c4)cccc3[nH]2)n[nH]/c1=C/C=C(\C)c1cncc(CNCC)c1. The van der Waals surface area contributed by atoms with Gasteiger partial charge in [-0.1, -0.05) is 43.8 Å². The van der Waals surface area contributed by atoms with Crippen LogP contribution in [0.5, 0.6) is 0 Å². The predicted molar refractivity (Wildman–Crippen MR) is 146 cm³/mol. The molecule has 5 aromatic rings. The molecule has 0 fully saturated rings. The van der Waals surface area contributed by atoms with Gasteiger partial charge < -0.3 is 10.3 Å². The van der Waals surface area contributed by atoms with Crippen molar-refractivity contribution in [3.63, 3.8) is 0 Å². The fourth-order valence-electron chi connectivity index (χ4n) is 4.30. The van der Waals surface area contributed by atoms with Gasteiger partial charge in [0.2, 0.25) is 0 Å². The second-order valence-corrected chi connectivity index (χ2v) is 8.80. The summed E-state index contributed by atoms with van der Waals surface area (Å²) < 4.78 is 13.8. The van der Waals surface area contributed by atoms with Crippen LogP contribution in [0.2, 0.25) is 0 Å². The zero-order valence-electron chi connectivity index (χ0n) is 20.4. The summed E-state index contributed by atoms with van der Waals surface area (Å²) in [6, 6.07) is 16.8. The fraction of sp³-hybridized carbons (Fsp3) is 0.133. The number of pyridine rings is 1. The maximum Gasteiger partial charge on any atom is 0.123 e. The van der Waals surface area contributed by atoms with Gasteiger partial charge in [0, 0.05) is 35.1 Å². The first-order valence-electron chi connectivity index (χ1n) is 12.0. The Morgan fingerprint density at radius 1 is 1.11 bits per heavy atom. The first kappa shape index (κ1) is 23.5. The third-order valence-corrected chi connectivity index (χ3v) is 6.28. The minimum absolute atomic E-state index is 0.253. The Hall–Kier alpha value is -4.29. The van der Waals surface area contributed by atoms with E-state index in [1.165, 1.54) is 6.07 Å². The van der Waals surface area contributed by atoms with Crippen LogP contribution in [0.15, 0.2) is 73.1 Å². The van der Waals surface area contributed by atoms with E-state index in [1.54, 1.807) is 12.1 Å². The zero-order valence-corrected chi connectivity index (χ0v) is 20.4. The molecule has 0 unspecified atom stereocenters. The van der Waals surface area contributed by atoms with Crippen LogP contribution in [0.4, 0.5) is 4.39 Å². The van der Waals surface area contributed by atoms with Crippen molar-refractivity contribution in [1.29, 1.82) is 0 Å². The van der Waals surface area contributed by atoms with Crippen LogP contribution in [0.1, 0.15) is 25.0 Å². The highest BCUT2D eigenvalue weighted by Crippen LogP contribution is 2.31. The van der Waals surface area contributed by atoms with Crippen molar-refractivity contribution in [3.05, 3.63) is 101 Å². The van der Waals surface area contributed by atoms with E-state index in [9.17, 15) is 4.39 Å². The molecule has 0 aliphatic rings. The molecule has 180 valence electrons. The summed E-state index contributed by atoms with van der Waals surface area (Å²) in [5.74, 6) is -0.253. The number of hydrogen-bond donors (Lipinski definition) is 3. The van der Waals surface area contributed by atoms with E-state index < -0.39 is 0 Å². The van der Waals surface area contributed by atoms with Gasteiger partial charge in [-0.05, 0) is 77.7 Å². The number of benzene rings is 2. The lowest BCUT2D eigenvalue weighted by molar-refractivity contribution is 0.628. The molecule has 0 radical (unpaired) electrons. The summed E-state index contributed by atoms with van der Waals surface area (Å²) in [7, 11) is 0. The quantitative estimate of drug-likeness (QED) is 0.303. The molecule has 0 bridgehead atoms. The Morgan fingerprint density at radius 2 is 1.97 bits per heavy atom. The molecule has 0 saturated carbocycles. The van der Waals surface area contributed by atoms with Gasteiger partial charge in [-0.2, -0.15) is 5.10 Å². The number of aromatic nitrogens is 4. The molecule has 0 aliphatic carbocycles. The number of H-pyrrole nitrogens is 2. The average Bonchev–Trinajstić information content (AvgIpc) is 3.49. The largest absolute Gasteiger partial charge is 0.353 e. The molecule has 5 nitrogen and oxygen atoms in total. The lowest BCUT2D eigenvalue weighted by atomic mass is 10.0. The normalized spacial score (nSPS) is 12.5. The van der Waals surface area contributed by atoms with Crippen LogP contribution >= 0.6 is 0 Å². The second-order valence-electron chi connectivity index (χ2n) is 8.80. The van der Waals surface area contributed by atoms with Crippen molar-refractivity contribution >= 4 is 29.1 Å². The summed E-state index contributed by atoms with van der Waals surface area (Å²) in [4.78, 5) is 7.82. The van der Waals surface area contributed by atoms with Gasteiger partial charge in [0.05, 0.1) is 11.0 Å². The third-order valence-electron chi connectivity index (χ3n) is 6.28. The van der Waals surface area contributed by atoms with Crippen LogP contribution in [-0.4, -0.2) is 26.7 Å². The van der Waals surface area contributed by atoms with E-state index in [0.29, 0.717) is 0 Å². The molecule has 3 heterocycles. The molecule has 0 spiro atoms. The smallest absolute Gasteiger partial charge is 0.123 e. The van der Waals surface area contributed by atoms with Crippen LogP contribution in [-0.2, 0) is 6.54 Å². The van der Waals surface area contributed by atoms with Crippen molar-refractivity contribution in [3.8, 4) is 22.5 Å². The number of aromatic amines is 2. The fourth-order valence-corrected chi connectivity index (χ4v) is 4.30. The van der Waals surface area contributed by atoms with Gasteiger partial charge in [0.15, 0.2) is 0 Å². The first-order valence-corrected chi connectivity index (χ1v) is 12.0. The first-order chi connectivity index (χ1) is 17.5. The maximum absolute atomic E-state index is 13.8. The van der Waals surface area contributed by atoms with Crippen molar-refractivity contribution in [2.75, 3.05) is 6.54 Å². The number of hydrogen-bond acceptors (Lipinski definition) is 3. The number of allylic oxidation sites excluding steroid dienone is 2. The van der Waals surface area contributed by atoms with Crippen molar-refractivity contribution < 1.29 is 4.39 Å². The third kappa shape index (κ3) is 4.76. The second kappa shape index (κ2) is 10.1. The molecule has 0 atom stereocenters. The Labute approximate surface area is 209 Å².